The van der Waals surface area contributed by atoms with E-state index in [0.29, 0.717) is 12.0 Å². The number of rotatable bonds is 13. The smallest absolute Gasteiger partial charge is 0.295 e. The number of likely N-dealkylation sites (tertiary alicyclic amines) is 1. The summed E-state index contributed by atoms with van der Waals surface area (Å²) in [5, 5.41) is 22.2. The summed E-state index contributed by atoms with van der Waals surface area (Å²) >= 11 is 0. The highest BCUT2D eigenvalue weighted by atomic mass is 19.1. The van der Waals surface area contributed by atoms with Crippen LogP contribution in [-0.4, -0.2) is 57.7 Å². The van der Waals surface area contributed by atoms with Crippen LogP contribution < -0.4 is 0 Å². The minimum atomic E-state index is -0.911. The van der Waals surface area contributed by atoms with E-state index in [1.807, 2.05) is 0 Å². The van der Waals surface area contributed by atoms with Gasteiger partial charge in [0, 0.05) is 24.2 Å². The fourth-order valence-electron chi connectivity index (χ4n) is 4.56. The number of ketones is 1. The third-order valence-corrected chi connectivity index (χ3v) is 6.61. The molecule has 0 bridgehead atoms. The molecule has 0 aromatic heterocycles. The summed E-state index contributed by atoms with van der Waals surface area (Å²) in [6, 6.07) is 9.69. The number of non-ortho nitro benzene ring substituents is 1. The molecule has 1 atom stereocenters. The van der Waals surface area contributed by atoms with Crippen LogP contribution in [-0.2, 0) is 9.59 Å². The normalized spacial score (nSPS) is 17.1. The summed E-state index contributed by atoms with van der Waals surface area (Å²) in [6.07, 6.45) is 4.95. The first-order valence-corrected chi connectivity index (χ1v) is 12.8. The van der Waals surface area contributed by atoms with E-state index in [1.54, 1.807) is 0 Å². The summed E-state index contributed by atoms with van der Waals surface area (Å²) in [7, 11) is 0. The predicted molar refractivity (Wildman–Crippen MR) is 139 cm³/mol. The van der Waals surface area contributed by atoms with Crippen LogP contribution in [0.3, 0.4) is 0 Å². The van der Waals surface area contributed by atoms with Crippen LogP contribution in [0.2, 0.25) is 0 Å². The number of unbranched alkanes of at least 4 members (excludes halogenated alkanes) is 2. The van der Waals surface area contributed by atoms with Crippen LogP contribution >= 0.6 is 0 Å². The van der Waals surface area contributed by atoms with E-state index in [1.165, 1.54) is 41.3 Å². The minimum absolute atomic E-state index is 0.112. The van der Waals surface area contributed by atoms with Gasteiger partial charge in [-0.05, 0) is 80.9 Å². The van der Waals surface area contributed by atoms with Crippen LogP contribution in [0.1, 0.15) is 63.1 Å². The van der Waals surface area contributed by atoms with Crippen molar-refractivity contribution >= 4 is 23.1 Å². The molecular weight excluding hydrogens is 477 g/mol. The van der Waals surface area contributed by atoms with E-state index >= 15 is 0 Å². The molecule has 3 rings (SSSR count). The fraction of sp³-hybridized carbons (Fsp3) is 0.429. The van der Waals surface area contributed by atoms with Crippen molar-refractivity contribution in [2.24, 2.45) is 0 Å². The number of Topliss-reactive ketones (excluding diaryl/α,β-unsaturated/α-hetero) is 1. The Labute approximate surface area is 216 Å². The molecule has 1 fully saturated rings. The number of nitrogens with zero attached hydrogens (tertiary/aromatic N) is 3. The Kier molecular flexibility index (Phi) is 9.91. The summed E-state index contributed by atoms with van der Waals surface area (Å²) in [6.45, 7) is 7.25. The predicted octanol–water partition coefficient (Wildman–Crippen LogP) is 5.45. The van der Waals surface area contributed by atoms with E-state index in [9.17, 15) is 29.2 Å². The molecule has 1 aliphatic rings. The largest absolute Gasteiger partial charge is 0.507 e. The first-order chi connectivity index (χ1) is 17.8. The Balaban J connectivity index is 1.94. The molecule has 198 valence electrons. The third-order valence-electron chi connectivity index (χ3n) is 6.61. The van der Waals surface area contributed by atoms with Gasteiger partial charge in [-0.3, -0.25) is 19.7 Å². The summed E-state index contributed by atoms with van der Waals surface area (Å²) in [5.41, 5.74) is 0.444. The molecule has 0 aliphatic carbocycles. The monoisotopic (exact) mass is 511 g/mol. The number of carbonyl (C=O) groups is 2. The van der Waals surface area contributed by atoms with Gasteiger partial charge in [0.2, 0.25) is 0 Å². The van der Waals surface area contributed by atoms with Crippen molar-refractivity contribution < 1.29 is 24.0 Å². The molecule has 2 aromatic carbocycles. The van der Waals surface area contributed by atoms with Gasteiger partial charge in [0.05, 0.1) is 16.5 Å². The number of halogens is 1. The second-order valence-corrected chi connectivity index (χ2v) is 9.25. The van der Waals surface area contributed by atoms with Gasteiger partial charge in [0.25, 0.3) is 17.4 Å². The molecule has 1 amide bonds. The maximum absolute atomic E-state index is 13.4. The van der Waals surface area contributed by atoms with E-state index in [0.717, 1.165) is 57.5 Å². The number of nitro groups is 1. The topological polar surface area (TPSA) is 104 Å². The zero-order chi connectivity index (χ0) is 26.9. The maximum Gasteiger partial charge on any atom is 0.295 e. The zero-order valence-electron chi connectivity index (χ0n) is 21.4. The quantitative estimate of drug-likeness (QED) is 0.126. The number of benzene rings is 2. The summed E-state index contributed by atoms with van der Waals surface area (Å²) in [4.78, 5) is 40.7. The summed E-state index contributed by atoms with van der Waals surface area (Å²) in [5.74, 6) is -2.48. The number of nitro benzene ring substituents is 1. The SMILES string of the molecule is CCCCN(CCCC)CCCN1C(=O)C(=O)/C(=C(\O)c2ccc(F)cc2)C1c1ccc([N+](=O)[O-])cc1. The first-order valence-electron chi connectivity index (χ1n) is 12.8. The number of amides is 1. The van der Waals surface area contributed by atoms with Crippen molar-refractivity contribution in [2.75, 3.05) is 26.2 Å². The second-order valence-electron chi connectivity index (χ2n) is 9.25. The van der Waals surface area contributed by atoms with Gasteiger partial charge in [-0.15, -0.1) is 0 Å². The van der Waals surface area contributed by atoms with Gasteiger partial charge in [-0.2, -0.15) is 0 Å². The van der Waals surface area contributed by atoms with Crippen molar-refractivity contribution in [3.8, 4) is 0 Å². The Hall–Kier alpha value is -3.59. The lowest BCUT2D eigenvalue weighted by molar-refractivity contribution is -0.384. The van der Waals surface area contributed by atoms with Crippen molar-refractivity contribution in [1.29, 1.82) is 0 Å². The Bertz CT molecular complexity index is 1120. The highest BCUT2D eigenvalue weighted by Crippen LogP contribution is 2.39. The molecule has 0 saturated carbocycles. The highest BCUT2D eigenvalue weighted by molar-refractivity contribution is 6.46. The number of hydrogen-bond donors (Lipinski definition) is 1. The van der Waals surface area contributed by atoms with E-state index in [-0.39, 0.29) is 23.4 Å². The lowest BCUT2D eigenvalue weighted by atomic mass is 9.95. The van der Waals surface area contributed by atoms with Crippen LogP contribution in [0.25, 0.3) is 5.76 Å². The standard InChI is InChI=1S/C28H34FN3O5/c1-3-5-16-30(17-6-4-2)18-7-19-31-25(20-10-14-23(15-11-20)32(36)37)24(27(34)28(31)35)26(33)21-8-12-22(29)13-9-21/h8-15,25,33H,3-7,16-19H2,1-2H3/b26-24-. The second kappa shape index (κ2) is 13.1. The van der Waals surface area contributed by atoms with Crippen molar-refractivity contribution in [2.45, 2.75) is 52.0 Å². The van der Waals surface area contributed by atoms with Crippen molar-refractivity contribution in [1.82, 2.24) is 9.80 Å². The fourth-order valence-corrected chi connectivity index (χ4v) is 4.56. The van der Waals surface area contributed by atoms with Gasteiger partial charge < -0.3 is 14.9 Å². The van der Waals surface area contributed by atoms with Crippen molar-refractivity contribution in [3.05, 3.63) is 81.2 Å². The van der Waals surface area contributed by atoms with E-state index < -0.39 is 34.2 Å². The lowest BCUT2D eigenvalue weighted by Gasteiger charge is -2.27. The Morgan fingerprint density at radius 2 is 1.54 bits per heavy atom. The molecular formula is C28H34FN3O5. The molecule has 2 aromatic rings. The van der Waals surface area contributed by atoms with Crippen LogP contribution in [0.15, 0.2) is 54.1 Å². The molecule has 1 saturated heterocycles. The molecule has 37 heavy (non-hydrogen) atoms. The van der Waals surface area contributed by atoms with Gasteiger partial charge >= 0.3 is 0 Å². The van der Waals surface area contributed by atoms with Crippen LogP contribution in [0, 0.1) is 15.9 Å². The Morgan fingerprint density at radius 3 is 2.08 bits per heavy atom. The minimum Gasteiger partial charge on any atom is -0.507 e. The van der Waals surface area contributed by atoms with Gasteiger partial charge in [0.1, 0.15) is 11.6 Å². The molecule has 1 unspecified atom stereocenters. The molecule has 1 N–H and O–H groups in total. The number of hydrogen-bond acceptors (Lipinski definition) is 6. The van der Waals surface area contributed by atoms with E-state index in [2.05, 4.69) is 18.7 Å². The number of aliphatic hydroxyl groups excluding tert-OH is 1. The molecule has 9 heteroatoms. The molecule has 1 aliphatic heterocycles. The molecule has 1 heterocycles. The summed E-state index contributed by atoms with van der Waals surface area (Å²) < 4.78 is 13.4. The molecule has 8 nitrogen and oxygen atoms in total. The van der Waals surface area contributed by atoms with Crippen LogP contribution in [0.5, 0.6) is 0 Å². The zero-order valence-corrected chi connectivity index (χ0v) is 21.4. The first kappa shape index (κ1) is 28.0. The van der Waals surface area contributed by atoms with E-state index in [4.69, 9.17) is 0 Å². The number of carbonyl (C=O) groups excluding carboxylic acids is 2. The van der Waals surface area contributed by atoms with Crippen LogP contribution in [0.4, 0.5) is 10.1 Å². The Morgan fingerprint density at radius 1 is 0.973 bits per heavy atom. The van der Waals surface area contributed by atoms with Gasteiger partial charge in [-0.25, -0.2) is 4.39 Å². The maximum atomic E-state index is 13.4. The van der Waals surface area contributed by atoms with Gasteiger partial charge in [-0.1, -0.05) is 26.7 Å². The lowest BCUT2D eigenvalue weighted by Crippen LogP contribution is -2.34. The number of aliphatic hydroxyl groups is 1. The molecule has 0 radical (unpaired) electrons. The average Bonchev–Trinajstić information content (AvgIpc) is 3.15. The van der Waals surface area contributed by atoms with Gasteiger partial charge in [0.15, 0.2) is 0 Å². The third kappa shape index (κ3) is 6.80. The average molecular weight is 512 g/mol. The van der Waals surface area contributed by atoms with Crippen molar-refractivity contribution in [3.63, 3.8) is 0 Å². The molecule has 0 spiro atoms. The highest BCUT2D eigenvalue weighted by Gasteiger charge is 2.45.